The minimum Gasteiger partial charge on any atom is -0.307 e. The number of nitrogens with one attached hydrogen (secondary N) is 1. The van der Waals surface area contributed by atoms with E-state index in [1.165, 1.54) is 43.2 Å². The van der Waals surface area contributed by atoms with Crippen LogP contribution in [-0.2, 0) is 0 Å². The van der Waals surface area contributed by atoms with Gasteiger partial charge in [-0.3, -0.25) is 4.98 Å². The first-order chi connectivity index (χ1) is 8.83. The Hall–Kier alpha value is -1.15. The van der Waals surface area contributed by atoms with Crippen LogP contribution in [0, 0.1) is 6.92 Å². The topological polar surface area (TPSA) is 24.9 Å². The van der Waals surface area contributed by atoms with Crippen LogP contribution in [0.25, 0.3) is 0 Å². The number of likely N-dealkylation sites (N-methyl/N-ethyl adjacent to an activating group) is 1. The summed E-state index contributed by atoms with van der Waals surface area (Å²) in [5, 5.41) is 3.64. The molecule has 2 heteroatoms. The van der Waals surface area contributed by atoms with Crippen molar-refractivity contribution < 1.29 is 0 Å². The molecule has 0 spiro atoms. The predicted octanol–water partition coefficient (Wildman–Crippen LogP) is 3.93. The van der Waals surface area contributed by atoms with E-state index in [9.17, 15) is 0 Å². The molecule has 98 valence electrons. The average Bonchev–Trinajstić information content (AvgIpc) is 2.66. The van der Waals surface area contributed by atoms with E-state index in [0.29, 0.717) is 6.04 Å². The van der Waals surface area contributed by atoms with E-state index in [4.69, 9.17) is 0 Å². The van der Waals surface area contributed by atoms with Gasteiger partial charge in [0.25, 0.3) is 0 Å². The van der Waals surface area contributed by atoms with Gasteiger partial charge in [0, 0.05) is 12.4 Å². The molecule has 1 atom stereocenters. The van der Waals surface area contributed by atoms with Crippen molar-refractivity contribution >= 4 is 0 Å². The first-order valence-electron chi connectivity index (χ1n) is 7.15. The molecule has 0 fully saturated rings. The third kappa shape index (κ3) is 3.20. The van der Waals surface area contributed by atoms with E-state index in [-0.39, 0.29) is 0 Å². The Kier molecular flexibility index (Phi) is 4.94. The lowest BCUT2D eigenvalue weighted by Gasteiger charge is -2.23. The van der Waals surface area contributed by atoms with Crippen LogP contribution in [0.3, 0.4) is 0 Å². The maximum Gasteiger partial charge on any atom is 0.0539 e. The normalized spacial score (nSPS) is 18.0. The van der Waals surface area contributed by atoms with Crippen molar-refractivity contribution in [3.8, 4) is 0 Å². The van der Waals surface area contributed by atoms with E-state index < -0.39 is 0 Å². The van der Waals surface area contributed by atoms with Crippen LogP contribution in [0.5, 0.6) is 0 Å². The summed E-state index contributed by atoms with van der Waals surface area (Å²) in [7, 11) is 0. The Labute approximate surface area is 111 Å². The van der Waals surface area contributed by atoms with Crippen LogP contribution in [0.1, 0.15) is 56.2 Å². The van der Waals surface area contributed by atoms with Gasteiger partial charge in [0.2, 0.25) is 0 Å². The number of allylic oxidation sites excluding steroid dienone is 1. The van der Waals surface area contributed by atoms with Crippen LogP contribution >= 0.6 is 0 Å². The number of nitrogens with zero attached hydrogens (tertiary/aromatic N) is 1. The van der Waals surface area contributed by atoms with Crippen molar-refractivity contribution in [1.82, 2.24) is 10.3 Å². The second-order valence-electron chi connectivity index (χ2n) is 5.10. The molecule has 1 aromatic rings. The first kappa shape index (κ1) is 13.3. The quantitative estimate of drug-likeness (QED) is 0.812. The van der Waals surface area contributed by atoms with Crippen molar-refractivity contribution in [3.05, 3.63) is 41.2 Å². The largest absolute Gasteiger partial charge is 0.307 e. The third-order valence-electron chi connectivity index (χ3n) is 3.73. The van der Waals surface area contributed by atoms with Crippen LogP contribution in [0.4, 0.5) is 0 Å². The highest BCUT2D eigenvalue weighted by Crippen LogP contribution is 2.30. The van der Waals surface area contributed by atoms with E-state index in [1.807, 2.05) is 12.4 Å². The smallest absolute Gasteiger partial charge is 0.0539 e. The third-order valence-corrected chi connectivity index (χ3v) is 3.73. The summed E-state index contributed by atoms with van der Waals surface area (Å²) < 4.78 is 0. The molecular formula is C16H24N2. The lowest BCUT2D eigenvalue weighted by Crippen LogP contribution is -2.23. The highest BCUT2D eigenvalue weighted by atomic mass is 14.9. The SMILES string of the molecule is CCNC(C1=CCCCCC1)c1ccncc1C. The molecule has 1 heterocycles. The molecule has 0 aliphatic heterocycles. The Balaban J connectivity index is 2.27. The number of aryl methyl sites for hydroxylation is 1. The number of hydrogen-bond acceptors (Lipinski definition) is 2. The fourth-order valence-corrected chi connectivity index (χ4v) is 2.75. The lowest BCUT2D eigenvalue weighted by molar-refractivity contribution is 0.586. The molecule has 0 aromatic carbocycles. The van der Waals surface area contributed by atoms with Gasteiger partial charge in [-0.1, -0.05) is 25.0 Å². The van der Waals surface area contributed by atoms with Crippen LogP contribution in [-0.4, -0.2) is 11.5 Å². The number of aromatic nitrogens is 1. The molecule has 1 aliphatic carbocycles. The fraction of sp³-hybridized carbons (Fsp3) is 0.562. The summed E-state index contributed by atoms with van der Waals surface area (Å²) in [6.07, 6.45) is 12.9. The molecule has 1 N–H and O–H groups in total. The minimum absolute atomic E-state index is 0.385. The second-order valence-corrected chi connectivity index (χ2v) is 5.10. The summed E-state index contributed by atoms with van der Waals surface area (Å²) in [4.78, 5) is 4.20. The fourth-order valence-electron chi connectivity index (χ4n) is 2.75. The summed E-state index contributed by atoms with van der Waals surface area (Å²) in [6, 6.07) is 2.55. The number of pyridine rings is 1. The molecule has 0 amide bonds. The lowest BCUT2D eigenvalue weighted by atomic mass is 9.93. The molecule has 2 nitrogen and oxygen atoms in total. The summed E-state index contributed by atoms with van der Waals surface area (Å²) >= 11 is 0. The van der Waals surface area contributed by atoms with E-state index in [2.05, 4.69) is 36.3 Å². The number of rotatable bonds is 4. The van der Waals surface area contributed by atoms with Gasteiger partial charge in [-0.25, -0.2) is 0 Å². The Morgan fingerprint density at radius 2 is 2.22 bits per heavy atom. The van der Waals surface area contributed by atoms with Crippen molar-refractivity contribution in [2.24, 2.45) is 0 Å². The monoisotopic (exact) mass is 244 g/mol. The molecule has 0 bridgehead atoms. The first-order valence-corrected chi connectivity index (χ1v) is 7.15. The van der Waals surface area contributed by atoms with Crippen LogP contribution in [0.2, 0.25) is 0 Å². The molecular weight excluding hydrogens is 220 g/mol. The minimum atomic E-state index is 0.385. The average molecular weight is 244 g/mol. The van der Waals surface area contributed by atoms with E-state index in [0.717, 1.165) is 6.54 Å². The van der Waals surface area contributed by atoms with Crippen molar-refractivity contribution in [2.75, 3.05) is 6.54 Å². The zero-order chi connectivity index (χ0) is 12.8. The highest BCUT2D eigenvalue weighted by Gasteiger charge is 2.18. The van der Waals surface area contributed by atoms with Crippen LogP contribution in [0.15, 0.2) is 30.1 Å². The molecule has 0 saturated carbocycles. The maximum absolute atomic E-state index is 4.20. The van der Waals surface area contributed by atoms with E-state index >= 15 is 0 Å². The summed E-state index contributed by atoms with van der Waals surface area (Å²) in [5.41, 5.74) is 4.25. The zero-order valence-corrected chi connectivity index (χ0v) is 11.6. The summed E-state index contributed by atoms with van der Waals surface area (Å²) in [5.74, 6) is 0. The van der Waals surface area contributed by atoms with Gasteiger partial charge in [0.15, 0.2) is 0 Å². The maximum atomic E-state index is 4.20. The second kappa shape index (κ2) is 6.69. The zero-order valence-electron chi connectivity index (χ0n) is 11.6. The molecule has 0 saturated heterocycles. The van der Waals surface area contributed by atoms with Crippen LogP contribution < -0.4 is 5.32 Å². The highest BCUT2D eigenvalue weighted by molar-refractivity contribution is 5.33. The molecule has 1 aromatic heterocycles. The van der Waals surface area contributed by atoms with Gasteiger partial charge in [0.1, 0.15) is 0 Å². The molecule has 1 aliphatic rings. The molecule has 1 unspecified atom stereocenters. The summed E-state index contributed by atoms with van der Waals surface area (Å²) in [6.45, 7) is 5.34. The Morgan fingerprint density at radius 1 is 1.33 bits per heavy atom. The van der Waals surface area contributed by atoms with Gasteiger partial charge >= 0.3 is 0 Å². The van der Waals surface area contributed by atoms with Gasteiger partial charge in [-0.05, 0) is 56.3 Å². The van der Waals surface area contributed by atoms with Gasteiger partial charge in [-0.2, -0.15) is 0 Å². The predicted molar refractivity (Wildman–Crippen MR) is 76.6 cm³/mol. The molecule has 0 radical (unpaired) electrons. The van der Waals surface area contributed by atoms with Crippen molar-refractivity contribution in [1.29, 1.82) is 0 Å². The Bertz CT molecular complexity index is 409. The molecule has 18 heavy (non-hydrogen) atoms. The van der Waals surface area contributed by atoms with Crippen molar-refractivity contribution in [2.45, 2.75) is 52.0 Å². The van der Waals surface area contributed by atoms with Gasteiger partial charge in [0.05, 0.1) is 6.04 Å². The van der Waals surface area contributed by atoms with Gasteiger partial charge < -0.3 is 5.32 Å². The molecule has 2 rings (SSSR count). The number of hydrogen-bond donors (Lipinski definition) is 1. The van der Waals surface area contributed by atoms with Gasteiger partial charge in [-0.15, -0.1) is 0 Å². The van der Waals surface area contributed by atoms with E-state index in [1.54, 1.807) is 5.57 Å². The standard InChI is InChI=1S/C16H24N2/c1-3-18-16(14-8-6-4-5-7-9-14)15-10-11-17-12-13(15)2/h8,10-12,16,18H,3-7,9H2,1-2H3. The van der Waals surface area contributed by atoms with Crippen molar-refractivity contribution in [3.63, 3.8) is 0 Å². The Morgan fingerprint density at radius 3 is 3.00 bits per heavy atom.